The second kappa shape index (κ2) is 6.61. The zero-order valence-electron chi connectivity index (χ0n) is 8.38. The normalized spacial score (nSPS) is 18.7. The lowest BCUT2D eigenvalue weighted by Crippen LogP contribution is -2.35. The molecule has 0 amide bonds. The van der Waals surface area contributed by atoms with Crippen molar-refractivity contribution in [3.63, 3.8) is 0 Å². The second-order valence-corrected chi connectivity index (χ2v) is 5.13. The van der Waals surface area contributed by atoms with Crippen molar-refractivity contribution in [2.75, 3.05) is 5.75 Å². The molecule has 0 heterocycles. The molecule has 0 spiro atoms. The molecule has 0 rings (SSSR count). The Morgan fingerprint density at radius 3 is 2.42 bits per heavy atom. The molecule has 2 N–H and O–H groups in total. The highest BCUT2D eigenvalue weighted by molar-refractivity contribution is 7.85. The molecule has 0 aromatic carbocycles. The summed E-state index contributed by atoms with van der Waals surface area (Å²) in [7, 11) is -0.720. The van der Waals surface area contributed by atoms with Crippen molar-refractivity contribution in [2.24, 2.45) is 5.73 Å². The molecule has 74 valence electrons. The Morgan fingerprint density at radius 2 is 2.00 bits per heavy atom. The summed E-state index contributed by atoms with van der Waals surface area (Å²) >= 11 is 0. The summed E-state index contributed by atoms with van der Waals surface area (Å²) in [6, 6.07) is 0.0997. The molecule has 0 saturated heterocycles. The standard InChI is InChI=1S/C9H21NOS/c1-4-6-7-12(11)8(3)9(10)5-2/h8-9H,4-7,10H2,1-3H3. The van der Waals surface area contributed by atoms with E-state index in [0.717, 1.165) is 25.0 Å². The zero-order valence-corrected chi connectivity index (χ0v) is 9.19. The molecule has 0 aliphatic carbocycles. The number of nitrogens with two attached hydrogens (primary N) is 1. The lowest BCUT2D eigenvalue weighted by Gasteiger charge is -2.17. The minimum Gasteiger partial charge on any atom is -0.327 e. The van der Waals surface area contributed by atoms with Gasteiger partial charge in [0, 0.05) is 27.8 Å². The maximum atomic E-state index is 11.5. The summed E-state index contributed by atoms with van der Waals surface area (Å²) in [6.07, 6.45) is 3.08. The van der Waals surface area contributed by atoms with Gasteiger partial charge in [0.25, 0.3) is 0 Å². The van der Waals surface area contributed by atoms with Crippen LogP contribution in [0.2, 0.25) is 0 Å². The van der Waals surface area contributed by atoms with E-state index in [1.165, 1.54) is 0 Å². The van der Waals surface area contributed by atoms with Crippen LogP contribution in [0, 0.1) is 0 Å². The minimum atomic E-state index is -0.720. The van der Waals surface area contributed by atoms with E-state index >= 15 is 0 Å². The van der Waals surface area contributed by atoms with Gasteiger partial charge in [-0.2, -0.15) is 0 Å². The Hall–Kier alpha value is 0.110. The van der Waals surface area contributed by atoms with Gasteiger partial charge >= 0.3 is 0 Å². The van der Waals surface area contributed by atoms with E-state index in [1.807, 2.05) is 13.8 Å². The summed E-state index contributed by atoms with van der Waals surface area (Å²) in [5.41, 5.74) is 5.80. The van der Waals surface area contributed by atoms with Crippen molar-refractivity contribution in [3.8, 4) is 0 Å². The fourth-order valence-corrected chi connectivity index (χ4v) is 2.53. The van der Waals surface area contributed by atoms with E-state index in [2.05, 4.69) is 6.92 Å². The van der Waals surface area contributed by atoms with Gasteiger partial charge < -0.3 is 5.73 Å². The van der Waals surface area contributed by atoms with E-state index in [4.69, 9.17) is 5.73 Å². The summed E-state index contributed by atoms with van der Waals surface area (Å²) in [5.74, 6) is 0.811. The largest absolute Gasteiger partial charge is 0.327 e. The first-order valence-electron chi connectivity index (χ1n) is 4.76. The van der Waals surface area contributed by atoms with Crippen molar-refractivity contribution < 1.29 is 4.21 Å². The average molecular weight is 191 g/mol. The SMILES string of the molecule is CCCCS(=O)C(C)C(N)CC. The van der Waals surface area contributed by atoms with E-state index in [9.17, 15) is 4.21 Å². The first-order valence-corrected chi connectivity index (χ1v) is 6.14. The maximum absolute atomic E-state index is 11.5. The molecule has 3 atom stereocenters. The van der Waals surface area contributed by atoms with Gasteiger partial charge in [-0.3, -0.25) is 4.21 Å². The summed E-state index contributed by atoms with van der Waals surface area (Å²) in [5, 5.41) is 0.154. The zero-order chi connectivity index (χ0) is 9.56. The molecule has 3 unspecified atom stereocenters. The van der Waals surface area contributed by atoms with Crippen LogP contribution in [0.4, 0.5) is 0 Å². The topological polar surface area (TPSA) is 43.1 Å². The van der Waals surface area contributed by atoms with Crippen LogP contribution >= 0.6 is 0 Å². The quantitative estimate of drug-likeness (QED) is 0.694. The molecule has 2 nitrogen and oxygen atoms in total. The Balaban J connectivity index is 3.75. The van der Waals surface area contributed by atoms with Crippen LogP contribution in [0.15, 0.2) is 0 Å². The third-order valence-corrected chi connectivity index (χ3v) is 4.06. The first kappa shape index (κ1) is 12.1. The minimum absolute atomic E-state index is 0.0997. The van der Waals surface area contributed by atoms with E-state index in [1.54, 1.807) is 0 Å². The third-order valence-electron chi connectivity index (χ3n) is 2.19. The first-order chi connectivity index (χ1) is 5.63. The molecule has 0 fully saturated rings. The van der Waals surface area contributed by atoms with Crippen LogP contribution in [0.25, 0.3) is 0 Å². The fourth-order valence-electron chi connectivity index (χ4n) is 0.999. The van der Waals surface area contributed by atoms with Gasteiger partial charge in [-0.15, -0.1) is 0 Å². The predicted molar refractivity (Wildman–Crippen MR) is 55.6 cm³/mol. The number of hydrogen-bond acceptors (Lipinski definition) is 2. The van der Waals surface area contributed by atoms with Gasteiger partial charge in [0.1, 0.15) is 0 Å². The molecule has 0 saturated carbocycles. The van der Waals surface area contributed by atoms with E-state index < -0.39 is 10.8 Å². The molecule has 12 heavy (non-hydrogen) atoms. The molecule has 0 aliphatic rings. The molecule has 3 heteroatoms. The summed E-state index contributed by atoms with van der Waals surface area (Å²) in [6.45, 7) is 6.14. The molecule has 0 bridgehead atoms. The van der Waals surface area contributed by atoms with Gasteiger partial charge in [-0.1, -0.05) is 20.3 Å². The Labute approximate surface area is 78.4 Å². The van der Waals surface area contributed by atoms with E-state index in [-0.39, 0.29) is 11.3 Å². The Morgan fingerprint density at radius 1 is 1.42 bits per heavy atom. The van der Waals surface area contributed by atoms with Gasteiger partial charge in [0.2, 0.25) is 0 Å². The van der Waals surface area contributed by atoms with Crippen molar-refractivity contribution in [3.05, 3.63) is 0 Å². The lowest BCUT2D eigenvalue weighted by atomic mass is 10.2. The monoisotopic (exact) mass is 191 g/mol. The Bertz CT molecular complexity index is 138. The van der Waals surface area contributed by atoms with Crippen molar-refractivity contribution in [1.82, 2.24) is 0 Å². The predicted octanol–water partition coefficient (Wildman–Crippen LogP) is 1.66. The maximum Gasteiger partial charge on any atom is 0.0470 e. The van der Waals surface area contributed by atoms with Gasteiger partial charge in [-0.05, 0) is 19.8 Å². The summed E-state index contributed by atoms with van der Waals surface area (Å²) in [4.78, 5) is 0. The van der Waals surface area contributed by atoms with Crippen LogP contribution in [-0.2, 0) is 10.8 Å². The van der Waals surface area contributed by atoms with Crippen LogP contribution in [0.5, 0.6) is 0 Å². The number of unbranched alkanes of at least 4 members (excludes halogenated alkanes) is 1. The van der Waals surface area contributed by atoms with E-state index in [0.29, 0.717) is 0 Å². The summed E-state index contributed by atoms with van der Waals surface area (Å²) < 4.78 is 11.5. The third kappa shape index (κ3) is 4.21. The second-order valence-electron chi connectivity index (χ2n) is 3.22. The smallest absolute Gasteiger partial charge is 0.0470 e. The Kier molecular flexibility index (Phi) is 6.67. The van der Waals surface area contributed by atoms with Gasteiger partial charge in [0.05, 0.1) is 0 Å². The van der Waals surface area contributed by atoms with Crippen LogP contribution in [0.3, 0.4) is 0 Å². The van der Waals surface area contributed by atoms with Crippen LogP contribution in [-0.4, -0.2) is 21.3 Å². The molecule has 0 aromatic heterocycles. The molecular weight excluding hydrogens is 170 g/mol. The fraction of sp³-hybridized carbons (Fsp3) is 1.00. The van der Waals surface area contributed by atoms with Crippen molar-refractivity contribution in [1.29, 1.82) is 0 Å². The number of rotatable bonds is 6. The lowest BCUT2D eigenvalue weighted by molar-refractivity contribution is 0.608. The highest BCUT2D eigenvalue weighted by atomic mass is 32.2. The van der Waals surface area contributed by atoms with Gasteiger partial charge in [0.15, 0.2) is 0 Å². The van der Waals surface area contributed by atoms with Crippen molar-refractivity contribution in [2.45, 2.75) is 51.3 Å². The highest BCUT2D eigenvalue weighted by Crippen LogP contribution is 2.05. The molecule has 0 aliphatic heterocycles. The molecular formula is C9H21NOS. The average Bonchev–Trinajstić information content (AvgIpc) is 2.11. The van der Waals surface area contributed by atoms with Crippen molar-refractivity contribution >= 4 is 10.8 Å². The molecule has 0 aromatic rings. The van der Waals surface area contributed by atoms with Gasteiger partial charge in [-0.25, -0.2) is 0 Å². The van der Waals surface area contributed by atoms with Crippen LogP contribution < -0.4 is 5.73 Å². The highest BCUT2D eigenvalue weighted by Gasteiger charge is 2.16. The number of hydrogen-bond donors (Lipinski definition) is 1. The van der Waals surface area contributed by atoms with Crippen LogP contribution in [0.1, 0.15) is 40.0 Å². The molecule has 0 radical (unpaired) electrons.